The first kappa shape index (κ1) is 15.1. The van der Waals surface area contributed by atoms with Crippen LogP contribution in [0.2, 0.25) is 0 Å². The number of aromatic nitrogens is 3. The van der Waals surface area contributed by atoms with Gasteiger partial charge >= 0.3 is 5.69 Å². The molecule has 0 bridgehead atoms. The molecule has 124 valence electrons. The van der Waals surface area contributed by atoms with Gasteiger partial charge in [-0.05, 0) is 36.3 Å². The van der Waals surface area contributed by atoms with Crippen LogP contribution in [0.4, 0.5) is 5.69 Å². The number of nitrogen functional groups attached to an aromatic ring is 1. The van der Waals surface area contributed by atoms with Gasteiger partial charge in [0.25, 0.3) is 5.56 Å². The van der Waals surface area contributed by atoms with Gasteiger partial charge in [0, 0.05) is 16.8 Å². The predicted octanol–water partition coefficient (Wildman–Crippen LogP) is 2.37. The number of nitrogens with one attached hydrogen (secondary N) is 1. The van der Waals surface area contributed by atoms with E-state index >= 15 is 0 Å². The van der Waals surface area contributed by atoms with Crippen molar-refractivity contribution in [2.75, 3.05) is 5.73 Å². The van der Waals surface area contributed by atoms with E-state index in [0.29, 0.717) is 17.1 Å². The molecule has 1 atom stereocenters. The van der Waals surface area contributed by atoms with E-state index in [4.69, 9.17) is 5.73 Å². The van der Waals surface area contributed by atoms with Crippen molar-refractivity contribution in [2.24, 2.45) is 5.92 Å². The van der Waals surface area contributed by atoms with E-state index in [-0.39, 0.29) is 5.92 Å². The number of allylic oxidation sites excluding steroid dienone is 6. The molecule has 6 heteroatoms. The number of hydrogen-bond acceptors (Lipinski definition) is 4. The van der Waals surface area contributed by atoms with E-state index in [1.165, 1.54) is 0 Å². The number of nitrogens with zero attached hydrogens (tertiary/aromatic N) is 2. The van der Waals surface area contributed by atoms with Crippen molar-refractivity contribution in [2.45, 2.75) is 6.92 Å². The molecule has 2 aliphatic heterocycles. The molecule has 4 rings (SSSR count). The van der Waals surface area contributed by atoms with Crippen LogP contribution in [-0.2, 0) is 0 Å². The highest BCUT2D eigenvalue weighted by molar-refractivity contribution is 5.91. The minimum atomic E-state index is -0.662. The summed E-state index contributed by atoms with van der Waals surface area (Å²) in [5.74, 6) is 0.529. The zero-order valence-electron chi connectivity index (χ0n) is 13.6. The SMILES string of the molecule is CC1C=CC=CC(n2c3nc(=O)[nH]c(=O)c-3cc3cc(N)ccc32)=C1. The summed E-state index contributed by atoms with van der Waals surface area (Å²) >= 11 is 0. The molecule has 1 aromatic rings. The molecule has 0 amide bonds. The van der Waals surface area contributed by atoms with Gasteiger partial charge < -0.3 is 5.73 Å². The fraction of sp³-hybridized carbons (Fsp3) is 0.105. The Balaban J connectivity index is 2.19. The Morgan fingerprint density at radius 2 is 2.04 bits per heavy atom. The topological polar surface area (TPSA) is 93.8 Å². The summed E-state index contributed by atoms with van der Waals surface area (Å²) in [7, 11) is 0. The lowest BCUT2D eigenvalue weighted by atomic mass is 10.1. The third-order valence-corrected chi connectivity index (χ3v) is 4.20. The molecular weight excluding hydrogens is 316 g/mol. The zero-order chi connectivity index (χ0) is 17.6. The number of fused-ring (bicyclic) bond motifs is 2. The number of nitrogens with two attached hydrogens (primary N) is 1. The van der Waals surface area contributed by atoms with E-state index in [1.54, 1.807) is 18.2 Å². The molecule has 1 unspecified atom stereocenters. The first-order valence-corrected chi connectivity index (χ1v) is 7.95. The first-order valence-electron chi connectivity index (χ1n) is 7.95. The summed E-state index contributed by atoms with van der Waals surface area (Å²) in [6, 6.07) is 7.18. The zero-order valence-corrected chi connectivity index (χ0v) is 13.6. The Hall–Kier alpha value is -3.41. The van der Waals surface area contributed by atoms with Crippen molar-refractivity contribution < 1.29 is 0 Å². The molecule has 1 aliphatic carbocycles. The quantitative estimate of drug-likeness (QED) is 0.528. The van der Waals surface area contributed by atoms with Crippen LogP contribution >= 0.6 is 0 Å². The highest BCUT2D eigenvalue weighted by Crippen LogP contribution is 2.30. The van der Waals surface area contributed by atoms with Crippen LogP contribution in [0.1, 0.15) is 6.92 Å². The van der Waals surface area contributed by atoms with Crippen molar-refractivity contribution in [1.29, 1.82) is 0 Å². The van der Waals surface area contributed by atoms with E-state index in [2.05, 4.69) is 29.0 Å². The van der Waals surface area contributed by atoms with Gasteiger partial charge in [0.15, 0.2) is 5.82 Å². The molecule has 6 nitrogen and oxygen atoms in total. The fourth-order valence-electron chi connectivity index (χ4n) is 3.10. The summed E-state index contributed by atoms with van der Waals surface area (Å²) < 4.78 is 1.83. The van der Waals surface area contributed by atoms with Gasteiger partial charge in [-0.1, -0.05) is 31.2 Å². The molecule has 0 saturated carbocycles. The fourth-order valence-corrected chi connectivity index (χ4v) is 3.10. The van der Waals surface area contributed by atoms with Gasteiger partial charge in [-0.25, -0.2) is 4.79 Å². The smallest absolute Gasteiger partial charge is 0.349 e. The summed E-state index contributed by atoms with van der Waals surface area (Å²) in [6.45, 7) is 2.06. The maximum absolute atomic E-state index is 12.3. The summed E-state index contributed by atoms with van der Waals surface area (Å²) in [5, 5.41) is 0.803. The van der Waals surface area contributed by atoms with Crippen molar-refractivity contribution in [3.8, 4) is 11.4 Å². The van der Waals surface area contributed by atoms with E-state index in [1.807, 2.05) is 28.9 Å². The number of aromatic amines is 1. The minimum Gasteiger partial charge on any atom is -0.399 e. The Kier molecular flexibility index (Phi) is 3.39. The highest BCUT2D eigenvalue weighted by atomic mass is 16.2. The van der Waals surface area contributed by atoms with Crippen LogP contribution in [0.5, 0.6) is 0 Å². The van der Waals surface area contributed by atoms with Gasteiger partial charge in [0.05, 0.1) is 11.1 Å². The van der Waals surface area contributed by atoms with Gasteiger partial charge in [-0.3, -0.25) is 14.3 Å². The number of benzene rings is 1. The molecule has 0 radical (unpaired) electrons. The second-order valence-electron chi connectivity index (χ2n) is 6.10. The minimum absolute atomic E-state index is 0.199. The Labute approximate surface area is 143 Å². The monoisotopic (exact) mass is 332 g/mol. The van der Waals surface area contributed by atoms with Crippen LogP contribution in [0.3, 0.4) is 0 Å². The van der Waals surface area contributed by atoms with Gasteiger partial charge in [-0.2, -0.15) is 4.98 Å². The number of pyridine rings is 1. The lowest BCUT2D eigenvalue weighted by Gasteiger charge is -2.19. The maximum Gasteiger partial charge on any atom is 0.349 e. The van der Waals surface area contributed by atoms with Crippen LogP contribution in [0, 0.1) is 5.92 Å². The van der Waals surface area contributed by atoms with Crippen LogP contribution in [0.15, 0.2) is 64.2 Å². The maximum atomic E-state index is 12.3. The molecular formula is C19H16N4O2. The van der Waals surface area contributed by atoms with Crippen molar-refractivity contribution in [3.05, 3.63) is 75.5 Å². The van der Waals surface area contributed by atoms with Crippen LogP contribution < -0.4 is 17.0 Å². The molecule has 3 aliphatic rings. The molecule has 25 heavy (non-hydrogen) atoms. The Morgan fingerprint density at radius 1 is 1.20 bits per heavy atom. The second-order valence-corrected chi connectivity index (χ2v) is 6.10. The van der Waals surface area contributed by atoms with Gasteiger partial charge in [-0.15, -0.1) is 0 Å². The number of anilines is 1. The van der Waals surface area contributed by atoms with Gasteiger partial charge in [0.2, 0.25) is 0 Å². The normalized spacial score (nSPS) is 17.0. The highest BCUT2D eigenvalue weighted by Gasteiger charge is 2.19. The lowest BCUT2D eigenvalue weighted by Crippen LogP contribution is -2.27. The first-order chi connectivity index (χ1) is 12.0. The largest absolute Gasteiger partial charge is 0.399 e. The Morgan fingerprint density at radius 3 is 2.88 bits per heavy atom. The summed E-state index contributed by atoms with van der Waals surface area (Å²) in [6.07, 6.45) is 9.95. The molecule has 0 saturated heterocycles. The lowest BCUT2D eigenvalue weighted by molar-refractivity contribution is 0.924. The van der Waals surface area contributed by atoms with Crippen LogP contribution in [0.25, 0.3) is 28.0 Å². The molecule has 1 aromatic carbocycles. The second kappa shape index (κ2) is 5.59. The van der Waals surface area contributed by atoms with E-state index < -0.39 is 11.2 Å². The number of H-pyrrole nitrogens is 1. The molecule has 0 aromatic heterocycles. The van der Waals surface area contributed by atoms with Crippen molar-refractivity contribution >= 4 is 22.3 Å². The van der Waals surface area contributed by atoms with Gasteiger partial charge in [0.1, 0.15) is 0 Å². The van der Waals surface area contributed by atoms with Crippen molar-refractivity contribution in [1.82, 2.24) is 14.5 Å². The number of hydrogen-bond donors (Lipinski definition) is 2. The molecule has 2 heterocycles. The van der Waals surface area contributed by atoms with E-state index in [0.717, 1.165) is 16.6 Å². The van der Waals surface area contributed by atoms with Crippen molar-refractivity contribution in [3.63, 3.8) is 0 Å². The molecule has 0 fully saturated rings. The average Bonchev–Trinajstić information content (AvgIpc) is 2.77. The third-order valence-electron chi connectivity index (χ3n) is 4.20. The third kappa shape index (κ3) is 2.57. The predicted molar refractivity (Wildman–Crippen MR) is 99.4 cm³/mol. The summed E-state index contributed by atoms with van der Waals surface area (Å²) in [4.78, 5) is 30.4. The van der Waals surface area contributed by atoms with Crippen LogP contribution in [-0.4, -0.2) is 14.5 Å². The van der Waals surface area contributed by atoms with E-state index in [9.17, 15) is 9.59 Å². The Bertz CT molecular complexity index is 1160. The number of rotatable bonds is 1. The standard InChI is InChI=1S/C19H16N4O2/c1-11-4-2-3-5-14(8-11)23-16-7-6-13(20)9-12(16)10-15-17(23)21-19(25)22-18(15)24/h2-11H,20H2,1H3,(H,22,24,25). The molecule has 0 spiro atoms. The summed E-state index contributed by atoms with van der Waals surface area (Å²) in [5.41, 5.74) is 7.40. The average molecular weight is 332 g/mol. The molecule has 3 N–H and O–H groups in total.